The second-order valence-electron chi connectivity index (χ2n) is 4.30. The minimum Gasteiger partial charge on any atom is -0.477 e. The Morgan fingerprint density at radius 1 is 1.21 bits per heavy atom. The van der Waals surface area contributed by atoms with Gasteiger partial charge < -0.3 is 9.84 Å². The summed E-state index contributed by atoms with van der Waals surface area (Å²) >= 11 is 0. The zero-order valence-electron chi connectivity index (χ0n) is 11.0. The van der Waals surface area contributed by atoms with Crippen LogP contribution in [0.3, 0.4) is 0 Å². The average Bonchev–Trinajstić information content (AvgIpc) is 2.39. The Balaban J connectivity index is 2.48. The summed E-state index contributed by atoms with van der Waals surface area (Å²) in [6, 6.07) is 3.93. The number of rotatable bonds is 3. The van der Waals surface area contributed by atoms with Crippen LogP contribution in [0.5, 0.6) is 11.6 Å². The van der Waals surface area contributed by atoms with E-state index >= 15 is 0 Å². The number of carboxylic acid groups (broad SMARTS) is 1. The van der Waals surface area contributed by atoms with E-state index in [4.69, 9.17) is 9.84 Å². The van der Waals surface area contributed by atoms with Crippen LogP contribution in [0.4, 0.5) is 0 Å². The van der Waals surface area contributed by atoms with Gasteiger partial charge in [-0.05, 0) is 37.5 Å². The lowest BCUT2D eigenvalue weighted by molar-refractivity contribution is 0.0692. The molecular weight excluding hydrogens is 244 g/mol. The van der Waals surface area contributed by atoms with E-state index in [9.17, 15) is 4.79 Å². The van der Waals surface area contributed by atoms with Gasteiger partial charge in [0.2, 0.25) is 5.88 Å². The smallest absolute Gasteiger partial charge is 0.342 e. The first-order chi connectivity index (χ1) is 9.00. The SMILES string of the molecule is Cc1ccc(C)c(Oc2ncncc2C(=O)O)c1C. The molecule has 5 heteroatoms. The fraction of sp³-hybridized carbons (Fsp3) is 0.214. The number of carboxylic acids is 1. The molecule has 1 aromatic carbocycles. The molecule has 0 saturated heterocycles. The molecule has 1 heterocycles. The fourth-order valence-electron chi connectivity index (χ4n) is 1.73. The maximum Gasteiger partial charge on any atom is 0.342 e. The Labute approximate surface area is 110 Å². The van der Waals surface area contributed by atoms with E-state index < -0.39 is 5.97 Å². The maximum absolute atomic E-state index is 11.1. The van der Waals surface area contributed by atoms with Crippen LogP contribution >= 0.6 is 0 Å². The van der Waals surface area contributed by atoms with E-state index in [-0.39, 0.29) is 11.4 Å². The number of hydrogen-bond donors (Lipinski definition) is 1. The summed E-state index contributed by atoms with van der Waals surface area (Å²) in [5.74, 6) is -0.418. The van der Waals surface area contributed by atoms with Gasteiger partial charge >= 0.3 is 5.97 Å². The van der Waals surface area contributed by atoms with Crippen LogP contribution in [0.25, 0.3) is 0 Å². The van der Waals surface area contributed by atoms with Crippen molar-refractivity contribution in [2.45, 2.75) is 20.8 Å². The normalized spacial score (nSPS) is 10.3. The molecule has 98 valence electrons. The van der Waals surface area contributed by atoms with Crippen molar-refractivity contribution in [1.29, 1.82) is 0 Å². The number of aryl methyl sites for hydroxylation is 2. The Hall–Kier alpha value is -2.43. The number of aromatic carboxylic acids is 1. The lowest BCUT2D eigenvalue weighted by Gasteiger charge is -2.13. The highest BCUT2D eigenvalue weighted by Crippen LogP contribution is 2.30. The molecule has 0 aliphatic rings. The topological polar surface area (TPSA) is 72.3 Å². The van der Waals surface area contributed by atoms with E-state index in [2.05, 4.69) is 9.97 Å². The third-order valence-electron chi connectivity index (χ3n) is 2.98. The van der Waals surface area contributed by atoms with Crippen LogP contribution in [-0.4, -0.2) is 21.0 Å². The Morgan fingerprint density at radius 2 is 1.89 bits per heavy atom. The molecule has 0 fully saturated rings. The van der Waals surface area contributed by atoms with Crippen LogP contribution in [0.2, 0.25) is 0 Å². The predicted molar refractivity (Wildman–Crippen MR) is 69.7 cm³/mol. The maximum atomic E-state index is 11.1. The van der Waals surface area contributed by atoms with Crippen molar-refractivity contribution < 1.29 is 14.6 Å². The summed E-state index contributed by atoms with van der Waals surface area (Å²) in [5.41, 5.74) is 2.92. The molecule has 0 spiro atoms. The van der Waals surface area contributed by atoms with Crippen molar-refractivity contribution >= 4 is 5.97 Å². The summed E-state index contributed by atoms with van der Waals surface area (Å²) in [6.45, 7) is 5.81. The molecule has 0 saturated carbocycles. The molecule has 2 rings (SSSR count). The number of carbonyl (C=O) groups is 1. The van der Waals surface area contributed by atoms with Gasteiger partial charge in [-0.3, -0.25) is 0 Å². The van der Waals surface area contributed by atoms with E-state index in [1.165, 1.54) is 12.5 Å². The number of hydrogen-bond acceptors (Lipinski definition) is 4. The van der Waals surface area contributed by atoms with Crippen molar-refractivity contribution in [2.75, 3.05) is 0 Å². The van der Waals surface area contributed by atoms with Gasteiger partial charge in [-0.1, -0.05) is 12.1 Å². The number of ether oxygens (including phenoxy) is 1. The van der Waals surface area contributed by atoms with Gasteiger partial charge in [0, 0.05) is 6.20 Å². The number of aromatic nitrogens is 2. The summed E-state index contributed by atoms with van der Waals surface area (Å²) < 4.78 is 5.68. The molecule has 0 aliphatic heterocycles. The van der Waals surface area contributed by atoms with Crippen molar-refractivity contribution in [3.05, 3.63) is 46.9 Å². The van der Waals surface area contributed by atoms with Crippen molar-refractivity contribution in [3.63, 3.8) is 0 Å². The highest BCUT2D eigenvalue weighted by Gasteiger charge is 2.16. The van der Waals surface area contributed by atoms with E-state index in [0.717, 1.165) is 16.7 Å². The second kappa shape index (κ2) is 5.06. The summed E-state index contributed by atoms with van der Waals surface area (Å²) in [5, 5.41) is 9.08. The Kier molecular flexibility index (Phi) is 3.46. The summed E-state index contributed by atoms with van der Waals surface area (Å²) in [4.78, 5) is 18.7. The molecule has 0 radical (unpaired) electrons. The Bertz CT molecular complexity index is 639. The van der Waals surface area contributed by atoms with Crippen LogP contribution in [0, 0.1) is 20.8 Å². The van der Waals surface area contributed by atoms with Gasteiger partial charge in [-0.15, -0.1) is 0 Å². The molecule has 2 aromatic rings. The lowest BCUT2D eigenvalue weighted by atomic mass is 10.1. The van der Waals surface area contributed by atoms with Crippen LogP contribution in [0.1, 0.15) is 27.0 Å². The molecule has 0 atom stereocenters. The quantitative estimate of drug-likeness (QED) is 0.916. The molecule has 0 bridgehead atoms. The highest BCUT2D eigenvalue weighted by atomic mass is 16.5. The standard InChI is InChI=1S/C14H14N2O3/c1-8-4-5-9(2)12(10(8)3)19-13-11(14(17)18)6-15-7-16-13/h4-7H,1-3H3,(H,17,18). The molecule has 1 N–H and O–H groups in total. The minimum absolute atomic E-state index is 0.0530. The van der Waals surface area contributed by atoms with E-state index in [1.807, 2.05) is 32.9 Å². The second-order valence-corrected chi connectivity index (χ2v) is 4.30. The third-order valence-corrected chi connectivity index (χ3v) is 2.98. The van der Waals surface area contributed by atoms with Crippen molar-refractivity contribution in [3.8, 4) is 11.6 Å². The van der Waals surface area contributed by atoms with E-state index in [0.29, 0.717) is 5.75 Å². The molecule has 0 amide bonds. The first-order valence-corrected chi connectivity index (χ1v) is 5.78. The lowest BCUT2D eigenvalue weighted by Crippen LogP contribution is -2.04. The van der Waals surface area contributed by atoms with Gasteiger partial charge in [0.15, 0.2) is 0 Å². The van der Waals surface area contributed by atoms with Gasteiger partial charge in [-0.2, -0.15) is 0 Å². The highest BCUT2D eigenvalue weighted by molar-refractivity contribution is 5.89. The molecule has 5 nitrogen and oxygen atoms in total. The van der Waals surface area contributed by atoms with E-state index in [1.54, 1.807) is 0 Å². The van der Waals surface area contributed by atoms with Gasteiger partial charge in [-0.25, -0.2) is 14.8 Å². The predicted octanol–water partition coefficient (Wildman–Crippen LogP) is 2.89. The van der Waals surface area contributed by atoms with Crippen LogP contribution in [0.15, 0.2) is 24.7 Å². The average molecular weight is 258 g/mol. The molecule has 0 aliphatic carbocycles. The monoisotopic (exact) mass is 258 g/mol. The largest absolute Gasteiger partial charge is 0.477 e. The number of benzene rings is 1. The van der Waals surface area contributed by atoms with Gasteiger partial charge in [0.25, 0.3) is 0 Å². The summed E-state index contributed by atoms with van der Waals surface area (Å²) in [6.07, 6.45) is 2.49. The Morgan fingerprint density at radius 3 is 2.58 bits per heavy atom. The summed E-state index contributed by atoms with van der Waals surface area (Å²) in [7, 11) is 0. The van der Waals surface area contributed by atoms with Crippen LogP contribution in [-0.2, 0) is 0 Å². The van der Waals surface area contributed by atoms with Gasteiger partial charge in [0.1, 0.15) is 17.6 Å². The first-order valence-electron chi connectivity index (χ1n) is 5.78. The third kappa shape index (κ3) is 2.54. The van der Waals surface area contributed by atoms with Crippen molar-refractivity contribution in [2.24, 2.45) is 0 Å². The molecule has 19 heavy (non-hydrogen) atoms. The zero-order valence-corrected chi connectivity index (χ0v) is 11.0. The van der Waals surface area contributed by atoms with Crippen molar-refractivity contribution in [1.82, 2.24) is 9.97 Å². The zero-order chi connectivity index (χ0) is 14.0. The van der Waals surface area contributed by atoms with Crippen LogP contribution < -0.4 is 4.74 Å². The molecule has 0 unspecified atom stereocenters. The van der Waals surface area contributed by atoms with Gasteiger partial charge in [0.05, 0.1) is 0 Å². The first kappa shape index (κ1) is 13.0. The molecule has 1 aromatic heterocycles. The fourth-order valence-corrected chi connectivity index (χ4v) is 1.73. The number of nitrogens with zero attached hydrogens (tertiary/aromatic N) is 2. The minimum atomic E-state index is -1.11. The molecular formula is C14H14N2O3.